The first-order chi connectivity index (χ1) is 14.8. The van der Waals surface area contributed by atoms with Gasteiger partial charge in [0.15, 0.2) is 11.6 Å². The molecule has 8 nitrogen and oxygen atoms in total. The minimum absolute atomic E-state index is 0.0633. The van der Waals surface area contributed by atoms with Crippen LogP contribution >= 0.6 is 0 Å². The molecule has 1 aromatic heterocycles. The fraction of sp³-hybridized carbons (Fsp3) is 0.500. The maximum atomic E-state index is 13.3. The van der Waals surface area contributed by atoms with Gasteiger partial charge in [-0.05, 0) is 43.4 Å². The number of halogens is 2. The Hall–Kier alpha value is -2.53. The highest BCUT2D eigenvalue weighted by molar-refractivity contribution is 7.90. The second-order valence-electron chi connectivity index (χ2n) is 8.43. The maximum absolute atomic E-state index is 13.3. The van der Waals surface area contributed by atoms with Crippen LogP contribution in [0.5, 0.6) is 5.88 Å². The number of anilines is 1. The van der Waals surface area contributed by atoms with E-state index in [-0.39, 0.29) is 17.7 Å². The largest absolute Gasteiger partial charge is 0.473 e. The number of aromatic nitrogens is 2. The molecule has 5 rings (SSSR count). The van der Waals surface area contributed by atoms with E-state index < -0.39 is 32.9 Å². The second kappa shape index (κ2) is 7.27. The van der Waals surface area contributed by atoms with Crippen molar-refractivity contribution in [2.75, 3.05) is 18.4 Å². The van der Waals surface area contributed by atoms with Gasteiger partial charge in [0.25, 0.3) is 0 Å². The maximum Gasteiger partial charge on any atom is 0.352 e. The Morgan fingerprint density at radius 2 is 1.90 bits per heavy atom. The van der Waals surface area contributed by atoms with Crippen molar-refractivity contribution in [3.05, 3.63) is 51.9 Å². The number of hydrogen-bond donors (Lipinski definition) is 1. The number of rotatable bonds is 5. The number of nitrogens with one attached hydrogen (secondary N) is 1. The van der Waals surface area contributed by atoms with E-state index in [4.69, 9.17) is 4.74 Å². The number of fused-ring (bicyclic) bond motifs is 1. The summed E-state index contributed by atoms with van der Waals surface area (Å²) < 4.78 is 60.0. The van der Waals surface area contributed by atoms with Crippen LogP contribution in [0.4, 0.5) is 14.6 Å². The van der Waals surface area contributed by atoms with Crippen molar-refractivity contribution in [1.82, 2.24) is 13.9 Å². The molecule has 1 aromatic carbocycles. The van der Waals surface area contributed by atoms with E-state index in [1.165, 1.54) is 10.6 Å². The highest BCUT2D eigenvalue weighted by Crippen LogP contribution is 2.38. The number of ether oxygens (including phenoxy) is 1. The van der Waals surface area contributed by atoms with E-state index in [1.54, 1.807) is 10.4 Å². The normalized spacial score (nSPS) is 20.5. The fourth-order valence-corrected chi connectivity index (χ4v) is 6.09. The summed E-state index contributed by atoms with van der Waals surface area (Å²) in [6.45, 7) is 1.18. The van der Waals surface area contributed by atoms with Crippen LogP contribution in [0.3, 0.4) is 0 Å². The van der Waals surface area contributed by atoms with Gasteiger partial charge >= 0.3 is 5.69 Å². The summed E-state index contributed by atoms with van der Waals surface area (Å²) in [5.41, 5.74) is -0.465. The molecule has 3 aliphatic rings. The third-order valence-electron chi connectivity index (χ3n) is 6.20. The Morgan fingerprint density at radius 3 is 2.58 bits per heavy atom. The summed E-state index contributed by atoms with van der Waals surface area (Å²) >= 11 is 0. The molecular formula is C20H22F2N4O4S. The van der Waals surface area contributed by atoms with Crippen LogP contribution in [0, 0.1) is 11.6 Å². The number of nitrogens with zero attached hydrogens (tertiary/aromatic N) is 3. The van der Waals surface area contributed by atoms with Crippen LogP contribution in [0.25, 0.3) is 0 Å². The van der Waals surface area contributed by atoms with Crippen molar-refractivity contribution in [3.8, 4) is 5.88 Å². The molecule has 0 amide bonds. The zero-order valence-electron chi connectivity index (χ0n) is 16.7. The highest BCUT2D eigenvalue weighted by Gasteiger charge is 2.46. The zero-order valence-corrected chi connectivity index (χ0v) is 17.5. The van der Waals surface area contributed by atoms with Crippen molar-refractivity contribution >= 4 is 15.8 Å². The lowest BCUT2D eigenvalue weighted by molar-refractivity contribution is 0.245. The molecule has 2 aliphatic heterocycles. The van der Waals surface area contributed by atoms with Gasteiger partial charge in [-0.15, -0.1) is 0 Å². The quantitative estimate of drug-likeness (QED) is 0.744. The van der Waals surface area contributed by atoms with Gasteiger partial charge in [-0.2, -0.15) is 4.98 Å². The molecule has 0 bridgehead atoms. The fourth-order valence-electron chi connectivity index (χ4n) is 4.24. The van der Waals surface area contributed by atoms with E-state index in [0.717, 1.165) is 25.0 Å². The van der Waals surface area contributed by atoms with E-state index in [2.05, 4.69) is 10.3 Å². The molecule has 31 heavy (non-hydrogen) atoms. The third kappa shape index (κ3) is 3.80. The van der Waals surface area contributed by atoms with Gasteiger partial charge in [-0.3, -0.25) is 4.57 Å². The minimum atomic E-state index is -3.20. The molecule has 0 unspecified atom stereocenters. The molecule has 1 saturated carbocycles. The lowest BCUT2D eigenvalue weighted by Gasteiger charge is -2.38. The van der Waals surface area contributed by atoms with Gasteiger partial charge in [0.1, 0.15) is 12.4 Å². The van der Waals surface area contributed by atoms with Crippen molar-refractivity contribution in [2.24, 2.45) is 0 Å². The van der Waals surface area contributed by atoms with Gasteiger partial charge in [0, 0.05) is 19.2 Å². The second-order valence-corrected chi connectivity index (χ2v) is 10.6. The predicted octanol–water partition coefficient (Wildman–Crippen LogP) is 1.85. The van der Waals surface area contributed by atoms with Crippen molar-refractivity contribution in [1.29, 1.82) is 0 Å². The van der Waals surface area contributed by atoms with Gasteiger partial charge in [-0.1, -0.05) is 6.07 Å². The topological polar surface area (TPSA) is 93.5 Å². The number of piperidine rings is 1. The zero-order chi connectivity index (χ0) is 21.8. The predicted molar refractivity (Wildman–Crippen MR) is 108 cm³/mol. The molecule has 11 heteroatoms. The Labute approximate surface area is 177 Å². The summed E-state index contributed by atoms with van der Waals surface area (Å²) in [7, 11) is -3.20. The van der Waals surface area contributed by atoms with Gasteiger partial charge in [-0.25, -0.2) is 26.3 Å². The summed E-state index contributed by atoms with van der Waals surface area (Å²) in [4.78, 5) is 16.4. The smallest absolute Gasteiger partial charge is 0.352 e. The molecule has 3 heterocycles. The molecule has 0 radical (unpaired) electrons. The van der Waals surface area contributed by atoms with Gasteiger partial charge in [0.2, 0.25) is 15.9 Å². The van der Waals surface area contributed by atoms with E-state index in [0.29, 0.717) is 43.9 Å². The first-order valence-corrected chi connectivity index (χ1v) is 11.7. The van der Waals surface area contributed by atoms with Crippen LogP contribution in [0.2, 0.25) is 0 Å². The number of sulfonamides is 1. The van der Waals surface area contributed by atoms with Gasteiger partial charge in [0.05, 0.1) is 17.3 Å². The monoisotopic (exact) mass is 452 g/mol. The number of benzene rings is 1. The Balaban J connectivity index is 1.27. The number of hydrogen-bond acceptors (Lipinski definition) is 6. The molecule has 166 valence electrons. The average Bonchev–Trinajstić information content (AvgIpc) is 3.53. The standard InChI is InChI=1S/C20H22F2N4O4S/c21-15-4-1-13(9-16(15)22)11-30-18-10-17-24-20(12-26(17)19(27)23-18)5-7-25(8-6-20)31(28,29)14-2-3-14/h1,4,9-10,14,24H,2-3,5-8,11-12H2. The SMILES string of the molecule is O=c1nc(OCc2ccc(F)c(F)c2)cc2n1CC1(CCN(S(=O)(=O)C3CC3)CC1)N2. The molecule has 0 atom stereocenters. The van der Waals surface area contributed by atoms with Crippen LogP contribution in [0.1, 0.15) is 31.2 Å². The van der Waals surface area contributed by atoms with E-state index in [9.17, 15) is 22.0 Å². The van der Waals surface area contributed by atoms with Crippen LogP contribution in [-0.2, 0) is 23.2 Å². The molecular weight excluding hydrogens is 430 g/mol. The summed E-state index contributed by atoms with van der Waals surface area (Å²) in [5.74, 6) is -1.28. The van der Waals surface area contributed by atoms with Crippen molar-refractivity contribution in [2.45, 2.75) is 49.6 Å². The lowest BCUT2D eigenvalue weighted by Crippen LogP contribution is -2.51. The Bertz CT molecular complexity index is 1190. The Kier molecular flexibility index (Phi) is 4.78. The molecule has 2 aromatic rings. The van der Waals surface area contributed by atoms with E-state index >= 15 is 0 Å². The van der Waals surface area contributed by atoms with Crippen molar-refractivity contribution < 1.29 is 21.9 Å². The van der Waals surface area contributed by atoms with Crippen LogP contribution < -0.4 is 15.7 Å². The third-order valence-corrected chi connectivity index (χ3v) is 8.60. The molecule has 1 spiro atoms. The van der Waals surface area contributed by atoms with Crippen molar-refractivity contribution in [3.63, 3.8) is 0 Å². The first kappa shape index (κ1) is 20.4. The lowest BCUT2D eigenvalue weighted by atomic mass is 9.89. The molecule has 1 aliphatic carbocycles. The van der Waals surface area contributed by atoms with Gasteiger partial charge < -0.3 is 10.1 Å². The highest BCUT2D eigenvalue weighted by atomic mass is 32.2. The first-order valence-electron chi connectivity index (χ1n) is 10.2. The Morgan fingerprint density at radius 1 is 1.16 bits per heavy atom. The summed E-state index contributed by atoms with van der Waals surface area (Å²) in [6, 6.07) is 5.05. The average molecular weight is 452 g/mol. The molecule has 2 fully saturated rings. The molecule has 1 saturated heterocycles. The summed E-state index contributed by atoms with van der Waals surface area (Å²) in [5, 5.41) is 3.15. The van der Waals surface area contributed by atoms with E-state index in [1.807, 2.05) is 0 Å². The van der Waals surface area contributed by atoms with Crippen LogP contribution in [-0.4, -0.2) is 46.2 Å². The summed E-state index contributed by atoms with van der Waals surface area (Å²) in [6.07, 6.45) is 2.65. The molecule has 1 N–H and O–H groups in total. The minimum Gasteiger partial charge on any atom is -0.473 e. The van der Waals surface area contributed by atoms with Crippen LogP contribution in [0.15, 0.2) is 29.1 Å².